The maximum Gasteiger partial charge on any atom is 0.325 e. The third-order valence-corrected chi connectivity index (χ3v) is 4.41. The van der Waals surface area contributed by atoms with E-state index < -0.39 is 31.7 Å². The summed E-state index contributed by atoms with van der Waals surface area (Å²) >= 11 is 0. The highest BCUT2D eigenvalue weighted by Crippen LogP contribution is 2.17. The highest BCUT2D eigenvalue weighted by molar-refractivity contribution is 7.89. The second kappa shape index (κ2) is 5.90. The molecule has 114 valence electrons. The molecule has 0 spiro atoms. The summed E-state index contributed by atoms with van der Waals surface area (Å²) in [5, 5.41) is 0. The zero-order valence-corrected chi connectivity index (χ0v) is 12.5. The van der Waals surface area contributed by atoms with Gasteiger partial charge in [0.15, 0.2) is 4.90 Å². The van der Waals surface area contributed by atoms with Crippen molar-refractivity contribution in [2.45, 2.75) is 37.6 Å². The Morgan fingerprint density at radius 2 is 2.00 bits per heavy atom. The van der Waals surface area contributed by atoms with Crippen LogP contribution in [0.3, 0.4) is 0 Å². The van der Waals surface area contributed by atoms with Crippen LogP contribution in [0.15, 0.2) is 20.7 Å². The molecular weight excluding hydrogens is 284 g/mol. The van der Waals surface area contributed by atoms with Crippen molar-refractivity contribution < 1.29 is 8.42 Å². The van der Waals surface area contributed by atoms with Crippen LogP contribution in [-0.2, 0) is 10.0 Å². The van der Waals surface area contributed by atoms with Crippen LogP contribution >= 0.6 is 0 Å². The van der Waals surface area contributed by atoms with Crippen LogP contribution in [0.1, 0.15) is 27.2 Å². The van der Waals surface area contributed by atoms with Gasteiger partial charge in [-0.1, -0.05) is 13.8 Å². The Morgan fingerprint density at radius 3 is 2.45 bits per heavy atom. The molecule has 1 aromatic rings. The lowest BCUT2D eigenvalue weighted by Gasteiger charge is -2.30. The molecule has 0 amide bonds. The first-order valence-corrected chi connectivity index (χ1v) is 7.64. The molecule has 5 N–H and O–H groups in total. The van der Waals surface area contributed by atoms with Crippen molar-refractivity contribution >= 4 is 10.0 Å². The van der Waals surface area contributed by atoms with Crippen LogP contribution in [0.25, 0.3) is 0 Å². The largest absolute Gasteiger partial charge is 0.329 e. The standard InChI is InChI=1S/C11H20N4O4S/c1-7(2)4-11(3,6-12)15-20(18,19)8-5-13-10(17)14-9(8)16/h5,7,15H,4,6,12H2,1-3H3,(H2,13,14,16,17). The van der Waals surface area contributed by atoms with E-state index in [1.165, 1.54) is 0 Å². The van der Waals surface area contributed by atoms with E-state index in [0.717, 1.165) is 6.20 Å². The number of nitrogens with one attached hydrogen (secondary N) is 3. The third kappa shape index (κ3) is 4.02. The zero-order chi connectivity index (χ0) is 15.6. The molecule has 9 heteroatoms. The van der Waals surface area contributed by atoms with E-state index in [9.17, 15) is 18.0 Å². The molecule has 1 atom stereocenters. The average molecular weight is 304 g/mol. The van der Waals surface area contributed by atoms with Gasteiger partial charge in [-0.3, -0.25) is 9.78 Å². The summed E-state index contributed by atoms with van der Waals surface area (Å²) in [4.78, 5) is 25.9. The minimum Gasteiger partial charge on any atom is -0.329 e. The molecule has 1 aromatic heterocycles. The first-order chi connectivity index (χ1) is 9.09. The van der Waals surface area contributed by atoms with Gasteiger partial charge >= 0.3 is 5.69 Å². The van der Waals surface area contributed by atoms with Crippen molar-refractivity contribution in [1.82, 2.24) is 14.7 Å². The Bertz CT molecular complexity index is 676. The molecule has 0 aromatic carbocycles. The van der Waals surface area contributed by atoms with Crippen LogP contribution < -0.4 is 21.7 Å². The molecule has 0 saturated heterocycles. The molecule has 0 aliphatic rings. The van der Waals surface area contributed by atoms with Gasteiger partial charge in [0.1, 0.15) is 0 Å². The second-order valence-corrected chi connectivity index (χ2v) is 7.06. The van der Waals surface area contributed by atoms with Gasteiger partial charge in [-0.25, -0.2) is 17.9 Å². The number of sulfonamides is 1. The van der Waals surface area contributed by atoms with Gasteiger partial charge in [0.2, 0.25) is 10.0 Å². The number of aromatic amines is 2. The fourth-order valence-electron chi connectivity index (χ4n) is 2.04. The van der Waals surface area contributed by atoms with Crippen molar-refractivity contribution in [1.29, 1.82) is 0 Å². The van der Waals surface area contributed by atoms with Crippen LogP contribution in [-0.4, -0.2) is 30.5 Å². The molecule has 20 heavy (non-hydrogen) atoms. The van der Waals surface area contributed by atoms with Crippen LogP contribution in [0, 0.1) is 5.92 Å². The molecule has 1 heterocycles. The minimum absolute atomic E-state index is 0.0890. The second-order valence-electron chi connectivity index (χ2n) is 5.40. The van der Waals surface area contributed by atoms with E-state index in [-0.39, 0.29) is 12.5 Å². The molecule has 0 radical (unpaired) electrons. The van der Waals surface area contributed by atoms with Gasteiger partial charge in [0.25, 0.3) is 5.56 Å². The summed E-state index contributed by atoms with van der Waals surface area (Å²) in [6, 6.07) is 0. The lowest BCUT2D eigenvalue weighted by Crippen LogP contribution is -2.52. The van der Waals surface area contributed by atoms with Crippen molar-refractivity contribution in [3.63, 3.8) is 0 Å². The fourth-order valence-corrected chi connectivity index (χ4v) is 3.48. The van der Waals surface area contributed by atoms with E-state index in [1.54, 1.807) is 6.92 Å². The molecule has 1 unspecified atom stereocenters. The third-order valence-electron chi connectivity index (χ3n) is 2.76. The van der Waals surface area contributed by atoms with E-state index in [4.69, 9.17) is 5.73 Å². The summed E-state index contributed by atoms with van der Waals surface area (Å²) in [6.45, 7) is 5.64. The molecule has 0 aliphatic carbocycles. The Labute approximate surface area is 116 Å². The van der Waals surface area contributed by atoms with Crippen molar-refractivity contribution in [2.24, 2.45) is 11.7 Å². The summed E-state index contributed by atoms with van der Waals surface area (Å²) in [5.74, 6) is 0.222. The number of hydrogen-bond acceptors (Lipinski definition) is 5. The van der Waals surface area contributed by atoms with Crippen molar-refractivity contribution in [2.75, 3.05) is 6.54 Å². The monoisotopic (exact) mass is 304 g/mol. The molecule has 1 rings (SSSR count). The zero-order valence-electron chi connectivity index (χ0n) is 11.7. The first kappa shape index (κ1) is 16.6. The number of hydrogen-bond donors (Lipinski definition) is 4. The normalized spacial score (nSPS) is 15.2. The SMILES string of the molecule is CC(C)CC(C)(CN)NS(=O)(=O)c1c[nH]c(=O)[nH]c1=O. The van der Waals surface area contributed by atoms with Crippen LogP contribution in [0.2, 0.25) is 0 Å². The van der Waals surface area contributed by atoms with Gasteiger partial charge in [-0.05, 0) is 19.3 Å². The number of aromatic nitrogens is 2. The van der Waals surface area contributed by atoms with Gasteiger partial charge < -0.3 is 10.7 Å². The average Bonchev–Trinajstić information content (AvgIpc) is 2.26. The van der Waals surface area contributed by atoms with Crippen molar-refractivity contribution in [3.05, 3.63) is 27.0 Å². The number of H-pyrrole nitrogens is 2. The lowest BCUT2D eigenvalue weighted by molar-refractivity contribution is 0.344. The highest BCUT2D eigenvalue weighted by Gasteiger charge is 2.31. The summed E-state index contributed by atoms with van der Waals surface area (Å²) < 4.78 is 26.9. The fraction of sp³-hybridized carbons (Fsp3) is 0.636. The minimum atomic E-state index is -4.07. The summed E-state index contributed by atoms with van der Waals surface area (Å²) in [6.07, 6.45) is 1.39. The maximum absolute atomic E-state index is 12.2. The predicted octanol–water partition coefficient (Wildman–Crippen LogP) is -0.895. The molecule has 0 fully saturated rings. The first-order valence-electron chi connectivity index (χ1n) is 6.16. The molecule has 0 saturated carbocycles. The maximum atomic E-state index is 12.2. The number of rotatable bonds is 6. The Kier molecular flexibility index (Phi) is 4.90. The smallest absolute Gasteiger partial charge is 0.325 e. The van der Waals surface area contributed by atoms with Crippen LogP contribution in [0.4, 0.5) is 0 Å². The summed E-state index contributed by atoms with van der Waals surface area (Å²) in [7, 11) is -4.07. The topological polar surface area (TPSA) is 138 Å². The Balaban J connectivity index is 3.17. The van der Waals surface area contributed by atoms with E-state index in [0.29, 0.717) is 6.42 Å². The Hall–Kier alpha value is -1.45. The molecular formula is C11H20N4O4S. The summed E-state index contributed by atoms with van der Waals surface area (Å²) in [5.41, 5.74) is 3.03. The highest BCUT2D eigenvalue weighted by atomic mass is 32.2. The van der Waals surface area contributed by atoms with Gasteiger partial charge in [-0.15, -0.1) is 0 Å². The van der Waals surface area contributed by atoms with E-state index in [1.807, 2.05) is 18.8 Å². The molecule has 8 nitrogen and oxygen atoms in total. The van der Waals surface area contributed by atoms with Crippen molar-refractivity contribution in [3.8, 4) is 0 Å². The van der Waals surface area contributed by atoms with Gasteiger partial charge in [0.05, 0.1) is 0 Å². The molecule has 0 aliphatic heterocycles. The lowest BCUT2D eigenvalue weighted by atomic mass is 9.92. The number of nitrogens with two attached hydrogens (primary N) is 1. The quantitative estimate of drug-likeness (QED) is 0.540. The van der Waals surface area contributed by atoms with E-state index in [2.05, 4.69) is 9.71 Å². The van der Waals surface area contributed by atoms with Gasteiger partial charge in [-0.2, -0.15) is 0 Å². The van der Waals surface area contributed by atoms with E-state index >= 15 is 0 Å². The van der Waals surface area contributed by atoms with Gasteiger partial charge in [0, 0.05) is 18.3 Å². The van der Waals surface area contributed by atoms with Crippen LogP contribution in [0.5, 0.6) is 0 Å². The predicted molar refractivity (Wildman–Crippen MR) is 74.9 cm³/mol. The molecule has 0 bridgehead atoms. The Morgan fingerprint density at radius 1 is 1.40 bits per heavy atom.